The molecule has 0 unspecified atom stereocenters. The molecule has 8 heteroatoms. The smallest absolute Gasteiger partial charge is 0.290 e. The summed E-state index contributed by atoms with van der Waals surface area (Å²) in [5.74, 6) is 0.582. The van der Waals surface area contributed by atoms with Crippen LogP contribution in [0.25, 0.3) is 0 Å². The van der Waals surface area contributed by atoms with Crippen LogP contribution in [0, 0.1) is 5.82 Å². The lowest BCUT2D eigenvalue weighted by Crippen LogP contribution is -2.50. The van der Waals surface area contributed by atoms with Crippen molar-refractivity contribution in [1.29, 1.82) is 0 Å². The first-order chi connectivity index (χ1) is 14.0. The third-order valence-corrected chi connectivity index (χ3v) is 5.68. The summed E-state index contributed by atoms with van der Waals surface area (Å²) in [5.41, 5.74) is 1.74. The minimum absolute atomic E-state index is 0.00723. The number of likely N-dealkylation sites (N-methyl/N-ethyl adjacent to an activating group) is 1. The van der Waals surface area contributed by atoms with E-state index in [0.29, 0.717) is 30.9 Å². The van der Waals surface area contributed by atoms with Gasteiger partial charge in [0.15, 0.2) is 5.82 Å². The SMILES string of the molecule is CN1CCN(c2nc(CCCN[C@@H]3C[C@H]3c3ccc(F)cc3)c[nH]c2=O)CC1=O. The Bertz CT molecular complexity index is 929. The van der Waals surface area contributed by atoms with Gasteiger partial charge in [-0.15, -0.1) is 0 Å². The summed E-state index contributed by atoms with van der Waals surface area (Å²) in [6.45, 7) is 2.23. The number of nitrogens with one attached hydrogen (secondary N) is 2. The lowest BCUT2D eigenvalue weighted by molar-refractivity contribution is -0.129. The Morgan fingerprint density at radius 1 is 1.24 bits per heavy atom. The molecule has 0 radical (unpaired) electrons. The number of nitrogens with zero attached hydrogens (tertiary/aromatic N) is 3. The molecule has 1 aromatic heterocycles. The number of aromatic nitrogens is 2. The van der Waals surface area contributed by atoms with Crippen LogP contribution in [-0.4, -0.2) is 60.0 Å². The van der Waals surface area contributed by atoms with Crippen molar-refractivity contribution >= 4 is 11.7 Å². The number of aromatic amines is 1. The molecular weight excluding hydrogens is 373 g/mol. The molecule has 2 N–H and O–H groups in total. The second-order valence-corrected chi connectivity index (χ2v) is 7.84. The molecule has 29 heavy (non-hydrogen) atoms. The van der Waals surface area contributed by atoms with E-state index in [-0.39, 0.29) is 23.8 Å². The highest BCUT2D eigenvalue weighted by molar-refractivity contribution is 5.82. The Morgan fingerprint density at radius 2 is 2.03 bits per heavy atom. The number of halogens is 1. The molecule has 1 aromatic carbocycles. The predicted octanol–water partition coefficient (Wildman–Crippen LogP) is 1.27. The van der Waals surface area contributed by atoms with Crippen molar-refractivity contribution in [2.45, 2.75) is 31.2 Å². The molecule has 1 amide bonds. The van der Waals surface area contributed by atoms with Gasteiger partial charge < -0.3 is 20.1 Å². The molecule has 1 aliphatic heterocycles. The number of carbonyl (C=O) groups excluding carboxylic acids is 1. The van der Waals surface area contributed by atoms with Crippen LogP contribution >= 0.6 is 0 Å². The number of rotatable bonds is 7. The van der Waals surface area contributed by atoms with Gasteiger partial charge in [-0.25, -0.2) is 9.37 Å². The number of hydrogen-bond donors (Lipinski definition) is 2. The quantitative estimate of drug-likeness (QED) is 0.686. The molecule has 154 valence electrons. The zero-order valence-corrected chi connectivity index (χ0v) is 16.5. The largest absolute Gasteiger partial charge is 0.342 e. The number of piperazine rings is 1. The molecule has 0 bridgehead atoms. The summed E-state index contributed by atoms with van der Waals surface area (Å²) >= 11 is 0. The summed E-state index contributed by atoms with van der Waals surface area (Å²) in [6, 6.07) is 7.18. The molecule has 2 atom stereocenters. The fraction of sp³-hybridized carbons (Fsp3) is 0.476. The van der Waals surface area contributed by atoms with Crippen LogP contribution in [0.4, 0.5) is 10.2 Å². The average Bonchev–Trinajstić information content (AvgIpc) is 3.49. The third-order valence-electron chi connectivity index (χ3n) is 5.68. The highest BCUT2D eigenvalue weighted by Crippen LogP contribution is 2.40. The van der Waals surface area contributed by atoms with Crippen molar-refractivity contribution in [3.05, 3.63) is 57.9 Å². The second-order valence-electron chi connectivity index (χ2n) is 7.84. The van der Waals surface area contributed by atoms with Gasteiger partial charge in [-0.2, -0.15) is 0 Å². The fourth-order valence-electron chi connectivity index (χ4n) is 3.77. The number of anilines is 1. The second kappa shape index (κ2) is 8.32. The van der Waals surface area contributed by atoms with Crippen molar-refractivity contribution in [2.24, 2.45) is 0 Å². The van der Waals surface area contributed by atoms with Crippen molar-refractivity contribution in [2.75, 3.05) is 38.1 Å². The first-order valence-corrected chi connectivity index (χ1v) is 10.1. The van der Waals surface area contributed by atoms with Crippen LogP contribution in [0.3, 0.4) is 0 Å². The zero-order valence-electron chi connectivity index (χ0n) is 16.5. The highest BCUT2D eigenvalue weighted by Gasteiger charge is 2.37. The average molecular weight is 399 g/mol. The van der Waals surface area contributed by atoms with E-state index in [9.17, 15) is 14.0 Å². The first-order valence-electron chi connectivity index (χ1n) is 10.1. The first kappa shape index (κ1) is 19.6. The molecular formula is C21H26FN5O2. The molecule has 4 rings (SSSR count). The van der Waals surface area contributed by atoms with Crippen molar-refractivity contribution < 1.29 is 9.18 Å². The lowest BCUT2D eigenvalue weighted by Gasteiger charge is -2.32. The fourth-order valence-corrected chi connectivity index (χ4v) is 3.77. The van der Waals surface area contributed by atoms with Crippen LogP contribution in [0.15, 0.2) is 35.3 Å². The summed E-state index contributed by atoms with van der Waals surface area (Å²) in [6.07, 6.45) is 4.37. The van der Waals surface area contributed by atoms with Crippen molar-refractivity contribution in [1.82, 2.24) is 20.2 Å². The van der Waals surface area contributed by atoms with Gasteiger partial charge in [-0.3, -0.25) is 9.59 Å². The van der Waals surface area contributed by atoms with Crippen LogP contribution in [0.2, 0.25) is 0 Å². The van der Waals surface area contributed by atoms with E-state index in [1.54, 1.807) is 23.0 Å². The molecule has 2 aromatic rings. The predicted molar refractivity (Wildman–Crippen MR) is 109 cm³/mol. The van der Waals surface area contributed by atoms with E-state index in [1.165, 1.54) is 17.7 Å². The van der Waals surface area contributed by atoms with Gasteiger partial charge in [-0.1, -0.05) is 12.1 Å². The summed E-state index contributed by atoms with van der Waals surface area (Å²) < 4.78 is 13.0. The van der Waals surface area contributed by atoms with Crippen molar-refractivity contribution in [3.63, 3.8) is 0 Å². The molecule has 1 saturated carbocycles. The Hall–Kier alpha value is -2.74. The Labute approximate surface area is 168 Å². The maximum absolute atomic E-state index is 13.0. The van der Waals surface area contributed by atoms with Crippen LogP contribution in [0.5, 0.6) is 0 Å². The molecule has 2 aliphatic rings. The number of carbonyl (C=O) groups is 1. The van der Waals surface area contributed by atoms with E-state index in [0.717, 1.165) is 31.5 Å². The molecule has 0 spiro atoms. The van der Waals surface area contributed by atoms with Crippen LogP contribution < -0.4 is 15.8 Å². The van der Waals surface area contributed by atoms with E-state index in [1.807, 2.05) is 12.1 Å². The minimum Gasteiger partial charge on any atom is -0.342 e. The lowest BCUT2D eigenvalue weighted by atomic mass is 10.1. The van der Waals surface area contributed by atoms with Crippen LogP contribution in [0.1, 0.15) is 30.0 Å². The van der Waals surface area contributed by atoms with Crippen molar-refractivity contribution in [3.8, 4) is 0 Å². The van der Waals surface area contributed by atoms with Crippen LogP contribution in [-0.2, 0) is 11.2 Å². The maximum Gasteiger partial charge on any atom is 0.290 e. The van der Waals surface area contributed by atoms with Gasteiger partial charge in [0.1, 0.15) is 5.82 Å². The zero-order chi connectivity index (χ0) is 20.4. The van der Waals surface area contributed by atoms with E-state index < -0.39 is 0 Å². The molecule has 2 heterocycles. The molecule has 1 aliphatic carbocycles. The van der Waals surface area contributed by atoms with Gasteiger partial charge in [0.25, 0.3) is 5.56 Å². The topological polar surface area (TPSA) is 81.3 Å². The number of amides is 1. The molecule has 1 saturated heterocycles. The Morgan fingerprint density at radius 3 is 2.79 bits per heavy atom. The minimum atomic E-state index is -0.260. The van der Waals surface area contributed by atoms with Gasteiger partial charge in [-0.05, 0) is 43.5 Å². The highest BCUT2D eigenvalue weighted by atomic mass is 19.1. The van der Waals surface area contributed by atoms with Gasteiger partial charge in [0.05, 0.1) is 12.2 Å². The third kappa shape index (κ3) is 4.64. The number of H-pyrrole nitrogens is 1. The standard InChI is InChI=1S/C21H26FN5O2/c1-26-9-10-27(13-19(26)28)20-21(29)24-12-16(25-20)3-2-8-23-18-11-17(18)14-4-6-15(22)7-5-14/h4-7,12,17-18,23H,2-3,8-11,13H2,1H3,(H,24,29)/t17-,18+/m0/s1. The Kier molecular flexibility index (Phi) is 5.62. The van der Waals surface area contributed by atoms with Gasteiger partial charge in [0.2, 0.25) is 5.91 Å². The van der Waals surface area contributed by atoms with Gasteiger partial charge in [0, 0.05) is 38.3 Å². The molecule has 2 fully saturated rings. The van der Waals surface area contributed by atoms with E-state index >= 15 is 0 Å². The van der Waals surface area contributed by atoms with Gasteiger partial charge >= 0.3 is 0 Å². The summed E-state index contributed by atoms with van der Waals surface area (Å²) in [5, 5.41) is 3.54. The van der Waals surface area contributed by atoms with E-state index in [4.69, 9.17) is 0 Å². The molecule has 7 nitrogen and oxygen atoms in total. The maximum atomic E-state index is 13.0. The number of benzene rings is 1. The Balaban J connectivity index is 1.26. The number of aryl methyl sites for hydroxylation is 1. The summed E-state index contributed by atoms with van der Waals surface area (Å²) in [4.78, 5) is 34.7. The normalized spacial score (nSPS) is 21.5. The monoisotopic (exact) mass is 399 g/mol. The summed E-state index contributed by atoms with van der Waals surface area (Å²) in [7, 11) is 1.77. The number of hydrogen-bond acceptors (Lipinski definition) is 5. The van der Waals surface area contributed by atoms with E-state index in [2.05, 4.69) is 15.3 Å².